The fraction of sp³-hybridized carbons (Fsp3) is 0.632. The molecule has 0 heterocycles. The third-order valence-corrected chi connectivity index (χ3v) is 5.46. The highest BCUT2D eigenvalue weighted by molar-refractivity contribution is 5.72. The van der Waals surface area contributed by atoms with E-state index in [1.807, 2.05) is 0 Å². The Hall–Kier alpha value is -1.56. The number of hydrogen-bond acceptors (Lipinski definition) is 3. The van der Waals surface area contributed by atoms with Gasteiger partial charge in [-0.1, -0.05) is 0 Å². The van der Waals surface area contributed by atoms with E-state index in [-0.39, 0.29) is 30.0 Å². The molecule has 0 saturated heterocycles. The first-order valence-electron chi connectivity index (χ1n) is 8.97. The second kappa shape index (κ2) is 7.77. The molecule has 3 nitrogen and oxygen atoms in total. The molecule has 1 N–H and O–H groups in total. The highest BCUT2D eigenvalue weighted by atomic mass is 19.2. The van der Waals surface area contributed by atoms with Crippen molar-refractivity contribution in [3.63, 3.8) is 0 Å². The summed E-state index contributed by atoms with van der Waals surface area (Å²) >= 11 is 0. The van der Waals surface area contributed by atoms with Crippen molar-refractivity contribution in [3.05, 3.63) is 35.1 Å². The molecule has 0 atom stereocenters. The minimum atomic E-state index is -1.44. The smallest absolute Gasteiger partial charge is 0.309 e. The molecule has 0 amide bonds. The zero-order chi connectivity index (χ0) is 18.0. The first kappa shape index (κ1) is 18.2. The van der Waals surface area contributed by atoms with Crippen LogP contribution in [0, 0.1) is 23.4 Å². The Morgan fingerprint density at radius 1 is 0.920 bits per heavy atom. The predicted molar refractivity (Wildman–Crippen MR) is 85.4 cm³/mol. The number of carbonyl (C=O) groups is 1. The first-order valence-corrected chi connectivity index (χ1v) is 8.97. The third-order valence-electron chi connectivity index (χ3n) is 5.46. The maximum absolute atomic E-state index is 13.4. The quantitative estimate of drug-likeness (QED) is 0.651. The molecule has 6 heteroatoms. The molecule has 0 radical (unpaired) electrons. The summed E-state index contributed by atoms with van der Waals surface area (Å²) < 4.78 is 45.4. The van der Waals surface area contributed by atoms with Gasteiger partial charge in [0.1, 0.15) is 6.10 Å². The topological polar surface area (TPSA) is 46.5 Å². The Balaban J connectivity index is 1.51. The van der Waals surface area contributed by atoms with Gasteiger partial charge in [-0.05, 0) is 75.0 Å². The van der Waals surface area contributed by atoms with E-state index in [1.165, 1.54) is 0 Å². The van der Waals surface area contributed by atoms with Gasteiger partial charge in [0.15, 0.2) is 17.5 Å². The van der Waals surface area contributed by atoms with Crippen LogP contribution in [0.15, 0.2) is 12.1 Å². The van der Waals surface area contributed by atoms with Crippen LogP contribution in [-0.2, 0) is 9.53 Å². The number of aliphatic hydroxyl groups excluding tert-OH is 1. The van der Waals surface area contributed by atoms with Gasteiger partial charge in [-0.15, -0.1) is 0 Å². The Morgan fingerprint density at radius 2 is 1.48 bits per heavy atom. The van der Waals surface area contributed by atoms with Crippen LogP contribution >= 0.6 is 0 Å². The highest BCUT2D eigenvalue weighted by Crippen LogP contribution is 2.36. The summed E-state index contributed by atoms with van der Waals surface area (Å²) in [6.45, 7) is 0. The van der Waals surface area contributed by atoms with Crippen LogP contribution in [0.4, 0.5) is 13.2 Å². The molecule has 3 rings (SSSR count). The van der Waals surface area contributed by atoms with Crippen LogP contribution < -0.4 is 0 Å². The molecule has 138 valence electrons. The lowest BCUT2D eigenvalue weighted by Crippen LogP contribution is -2.30. The number of esters is 1. The van der Waals surface area contributed by atoms with Crippen molar-refractivity contribution in [3.8, 4) is 0 Å². The van der Waals surface area contributed by atoms with E-state index in [0.717, 1.165) is 12.1 Å². The highest BCUT2D eigenvalue weighted by Gasteiger charge is 2.31. The number of rotatable bonds is 3. The number of benzene rings is 1. The van der Waals surface area contributed by atoms with Crippen LogP contribution in [0.2, 0.25) is 0 Å². The second-order valence-electron chi connectivity index (χ2n) is 7.21. The standard InChI is InChI=1S/C19H23F3O3/c20-16-9-13(10-17(21)18(16)22)11-3-7-15(8-4-11)25-19(24)12-1-5-14(23)6-2-12/h9-12,14-15,23H,1-8H2. The van der Waals surface area contributed by atoms with Crippen molar-refractivity contribution in [2.75, 3.05) is 0 Å². The number of hydrogen-bond donors (Lipinski definition) is 1. The summed E-state index contributed by atoms with van der Waals surface area (Å²) in [5.41, 5.74) is 0.461. The SMILES string of the molecule is O=C(OC1CCC(c2cc(F)c(F)c(F)c2)CC1)C1CCC(O)CC1. The fourth-order valence-corrected chi connectivity index (χ4v) is 3.90. The zero-order valence-corrected chi connectivity index (χ0v) is 14.0. The van der Waals surface area contributed by atoms with Crippen molar-refractivity contribution < 1.29 is 27.8 Å². The van der Waals surface area contributed by atoms with E-state index in [4.69, 9.17) is 4.74 Å². The van der Waals surface area contributed by atoms with E-state index in [2.05, 4.69) is 0 Å². The zero-order valence-electron chi connectivity index (χ0n) is 14.0. The van der Waals surface area contributed by atoms with Crippen molar-refractivity contribution in [2.24, 2.45) is 5.92 Å². The molecule has 25 heavy (non-hydrogen) atoms. The minimum Gasteiger partial charge on any atom is -0.462 e. The number of halogens is 3. The molecular formula is C19H23F3O3. The molecule has 0 bridgehead atoms. The van der Waals surface area contributed by atoms with Crippen LogP contribution in [0.3, 0.4) is 0 Å². The fourth-order valence-electron chi connectivity index (χ4n) is 3.90. The summed E-state index contributed by atoms with van der Waals surface area (Å²) in [7, 11) is 0. The number of aliphatic hydroxyl groups is 1. The lowest BCUT2D eigenvalue weighted by atomic mass is 9.82. The van der Waals surface area contributed by atoms with Crippen LogP contribution in [-0.4, -0.2) is 23.3 Å². The molecule has 2 aliphatic carbocycles. The first-order chi connectivity index (χ1) is 11.9. The Labute approximate surface area is 145 Å². The summed E-state index contributed by atoms with van der Waals surface area (Å²) in [4.78, 5) is 12.2. The predicted octanol–water partition coefficient (Wildman–Crippen LogP) is 4.22. The maximum Gasteiger partial charge on any atom is 0.309 e. The van der Waals surface area contributed by atoms with Gasteiger partial charge in [-0.25, -0.2) is 13.2 Å². The van der Waals surface area contributed by atoms with Gasteiger partial charge in [0.05, 0.1) is 12.0 Å². The Kier molecular flexibility index (Phi) is 5.67. The number of ether oxygens (including phenoxy) is 1. The van der Waals surface area contributed by atoms with Gasteiger partial charge >= 0.3 is 5.97 Å². The monoisotopic (exact) mass is 356 g/mol. The molecule has 2 fully saturated rings. The van der Waals surface area contributed by atoms with E-state index < -0.39 is 17.5 Å². The summed E-state index contributed by atoms with van der Waals surface area (Å²) in [6.07, 6.45) is 4.65. The minimum absolute atomic E-state index is 0.0515. The van der Waals surface area contributed by atoms with E-state index in [0.29, 0.717) is 56.9 Å². The van der Waals surface area contributed by atoms with Gasteiger partial charge in [-0.3, -0.25) is 4.79 Å². The van der Waals surface area contributed by atoms with Crippen molar-refractivity contribution >= 4 is 5.97 Å². The molecule has 1 aromatic rings. The van der Waals surface area contributed by atoms with Crippen LogP contribution in [0.25, 0.3) is 0 Å². The van der Waals surface area contributed by atoms with Crippen LogP contribution in [0.1, 0.15) is 62.8 Å². The van der Waals surface area contributed by atoms with E-state index in [1.54, 1.807) is 0 Å². The van der Waals surface area contributed by atoms with E-state index >= 15 is 0 Å². The van der Waals surface area contributed by atoms with Crippen molar-refractivity contribution in [2.45, 2.75) is 69.5 Å². The van der Waals surface area contributed by atoms with Gasteiger partial charge in [0.25, 0.3) is 0 Å². The molecule has 2 aliphatic rings. The molecule has 2 saturated carbocycles. The largest absolute Gasteiger partial charge is 0.462 e. The lowest BCUT2D eigenvalue weighted by molar-refractivity contribution is -0.157. The Bertz CT molecular complexity index is 595. The number of carbonyl (C=O) groups excluding carboxylic acids is 1. The van der Waals surface area contributed by atoms with Gasteiger partial charge in [-0.2, -0.15) is 0 Å². The molecule has 0 unspecified atom stereocenters. The summed E-state index contributed by atoms with van der Waals surface area (Å²) in [5.74, 6) is -4.16. The summed E-state index contributed by atoms with van der Waals surface area (Å²) in [5, 5.41) is 9.49. The maximum atomic E-state index is 13.4. The van der Waals surface area contributed by atoms with Gasteiger partial charge < -0.3 is 9.84 Å². The average Bonchev–Trinajstić information content (AvgIpc) is 2.60. The third kappa shape index (κ3) is 4.35. The van der Waals surface area contributed by atoms with Crippen molar-refractivity contribution in [1.29, 1.82) is 0 Å². The molecular weight excluding hydrogens is 333 g/mol. The second-order valence-corrected chi connectivity index (χ2v) is 7.21. The van der Waals surface area contributed by atoms with Gasteiger partial charge in [0, 0.05) is 0 Å². The molecule has 1 aromatic carbocycles. The Morgan fingerprint density at radius 3 is 2.04 bits per heavy atom. The normalized spacial score (nSPS) is 30.1. The summed E-state index contributed by atoms with van der Waals surface area (Å²) in [6, 6.07) is 2.12. The average molecular weight is 356 g/mol. The van der Waals surface area contributed by atoms with Crippen LogP contribution in [0.5, 0.6) is 0 Å². The lowest BCUT2D eigenvalue weighted by Gasteiger charge is -2.31. The molecule has 0 aliphatic heterocycles. The van der Waals surface area contributed by atoms with Crippen molar-refractivity contribution in [1.82, 2.24) is 0 Å². The van der Waals surface area contributed by atoms with E-state index in [9.17, 15) is 23.1 Å². The van der Waals surface area contributed by atoms with Gasteiger partial charge in [0.2, 0.25) is 0 Å². The molecule has 0 aromatic heterocycles. The molecule has 0 spiro atoms.